The van der Waals surface area contributed by atoms with Crippen molar-refractivity contribution in [3.05, 3.63) is 83.2 Å². The van der Waals surface area contributed by atoms with Gasteiger partial charge >= 0.3 is 0 Å². The van der Waals surface area contributed by atoms with E-state index in [2.05, 4.69) is 4.98 Å². The van der Waals surface area contributed by atoms with Crippen LogP contribution in [0.15, 0.2) is 60.6 Å². The molecule has 1 aliphatic rings. The second kappa shape index (κ2) is 9.16. The monoisotopic (exact) mass is 419 g/mol. The average Bonchev–Trinajstić information content (AvgIpc) is 3.21. The van der Waals surface area contributed by atoms with E-state index >= 15 is 0 Å². The number of aromatic nitrogens is 2. The largest absolute Gasteiger partial charge is 0.495 e. The maximum Gasteiger partial charge on any atom is 0.249 e. The highest BCUT2D eigenvalue weighted by atomic mass is 19.1. The van der Waals surface area contributed by atoms with Gasteiger partial charge in [-0.05, 0) is 67.7 Å². The molecule has 0 unspecified atom stereocenters. The standard InChI is InChI=1S/C25H26FN3O2/c1-18-16-29(17-27-18)23-10-7-20(15-24(23)31-2)14-21-4-3-12-28(25(21)30)13-11-19-5-8-22(26)9-6-19/h5-10,14-17H,3-4,11-13H2,1-2H3. The number of amides is 1. The molecule has 5 nitrogen and oxygen atoms in total. The minimum absolute atomic E-state index is 0.0710. The van der Waals surface area contributed by atoms with Crippen LogP contribution in [0.5, 0.6) is 5.75 Å². The molecule has 160 valence electrons. The lowest BCUT2D eigenvalue weighted by molar-refractivity contribution is -0.128. The lowest BCUT2D eigenvalue weighted by Gasteiger charge is -2.28. The molecule has 2 aromatic carbocycles. The Bertz CT molecular complexity index is 1100. The van der Waals surface area contributed by atoms with Gasteiger partial charge in [0.15, 0.2) is 0 Å². The molecule has 1 aliphatic heterocycles. The molecule has 31 heavy (non-hydrogen) atoms. The molecule has 0 aliphatic carbocycles. The Morgan fingerprint density at radius 3 is 2.71 bits per heavy atom. The van der Waals surface area contributed by atoms with Crippen LogP contribution in [0.25, 0.3) is 11.8 Å². The van der Waals surface area contributed by atoms with Gasteiger partial charge in [-0.3, -0.25) is 4.79 Å². The number of carbonyl (C=O) groups excluding carboxylic acids is 1. The molecule has 6 heteroatoms. The highest BCUT2D eigenvalue weighted by Gasteiger charge is 2.23. The summed E-state index contributed by atoms with van der Waals surface area (Å²) in [5.74, 6) is 0.553. The molecule has 0 atom stereocenters. The molecule has 0 N–H and O–H groups in total. The zero-order valence-electron chi connectivity index (χ0n) is 17.8. The summed E-state index contributed by atoms with van der Waals surface area (Å²) in [4.78, 5) is 19.2. The Morgan fingerprint density at radius 1 is 1.19 bits per heavy atom. The van der Waals surface area contributed by atoms with E-state index in [0.29, 0.717) is 13.0 Å². The van der Waals surface area contributed by atoms with Crippen molar-refractivity contribution in [1.29, 1.82) is 0 Å². The maximum absolute atomic E-state index is 13.1. The minimum Gasteiger partial charge on any atom is -0.495 e. The van der Waals surface area contributed by atoms with Crippen molar-refractivity contribution in [2.24, 2.45) is 0 Å². The van der Waals surface area contributed by atoms with Crippen LogP contribution in [-0.4, -0.2) is 40.6 Å². The number of imidazole rings is 1. The van der Waals surface area contributed by atoms with E-state index in [1.807, 2.05) is 46.9 Å². The van der Waals surface area contributed by atoms with Gasteiger partial charge in [-0.15, -0.1) is 0 Å². The van der Waals surface area contributed by atoms with E-state index in [0.717, 1.165) is 53.2 Å². The summed E-state index contributed by atoms with van der Waals surface area (Å²) in [5.41, 5.74) is 4.60. The minimum atomic E-state index is -0.243. The van der Waals surface area contributed by atoms with E-state index in [4.69, 9.17) is 4.74 Å². The summed E-state index contributed by atoms with van der Waals surface area (Å²) in [6.07, 6.45) is 8.07. The molecule has 4 rings (SSSR count). The van der Waals surface area contributed by atoms with Crippen molar-refractivity contribution < 1.29 is 13.9 Å². The van der Waals surface area contributed by atoms with Gasteiger partial charge in [0.25, 0.3) is 0 Å². The number of hydrogen-bond acceptors (Lipinski definition) is 3. The number of halogens is 1. The third kappa shape index (κ3) is 4.85. The quantitative estimate of drug-likeness (QED) is 0.550. The Hall–Kier alpha value is -3.41. The molecular formula is C25H26FN3O2. The molecule has 1 saturated heterocycles. The normalized spacial score (nSPS) is 15.5. The predicted molar refractivity (Wildman–Crippen MR) is 119 cm³/mol. The zero-order chi connectivity index (χ0) is 21.8. The van der Waals surface area contributed by atoms with Crippen molar-refractivity contribution in [3.8, 4) is 11.4 Å². The molecule has 1 amide bonds. The maximum atomic E-state index is 13.1. The van der Waals surface area contributed by atoms with Gasteiger partial charge in [-0.1, -0.05) is 18.2 Å². The van der Waals surface area contributed by atoms with Gasteiger partial charge in [-0.2, -0.15) is 0 Å². The van der Waals surface area contributed by atoms with E-state index in [-0.39, 0.29) is 11.7 Å². The number of methoxy groups -OCH3 is 1. The third-order valence-corrected chi connectivity index (χ3v) is 5.55. The second-order valence-corrected chi connectivity index (χ2v) is 7.80. The first-order valence-electron chi connectivity index (χ1n) is 10.5. The number of nitrogens with zero attached hydrogens (tertiary/aromatic N) is 3. The number of piperidine rings is 1. The molecule has 1 fully saturated rings. The van der Waals surface area contributed by atoms with E-state index in [9.17, 15) is 9.18 Å². The second-order valence-electron chi connectivity index (χ2n) is 7.80. The van der Waals surface area contributed by atoms with Gasteiger partial charge < -0.3 is 14.2 Å². The van der Waals surface area contributed by atoms with Crippen molar-refractivity contribution >= 4 is 12.0 Å². The topological polar surface area (TPSA) is 47.4 Å². The number of benzene rings is 2. The molecule has 0 spiro atoms. The highest BCUT2D eigenvalue weighted by Crippen LogP contribution is 2.27. The zero-order valence-corrected chi connectivity index (χ0v) is 17.8. The van der Waals surface area contributed by atoms with Crippen LogP contribution in [0.3, 0.4) is 0 Å². The fraction of sp³-hybridized carbons (Fsp3) is 0.280. The van der Waals surface area contributed by atoms with E-state index < -0.39 is 0 Å². The molecular weight excluding hydrogens is 393 g/mol. The summed E-state index contributed by atoms with van der Waals surface area (Å²) < 4.78 is 20.6. The van der Waals surface area contributed by atoms with Gasteiger partial charge in [0.1, 0.15) is 11.6 Å². The van der Waals surface area contributed by atoms with Gasteiger partial charge in [0.2, 0.25) is 5.91 Å². The number of aryl methyl sites for hydroxylation is 1. The van der Waals surface area contributed by atoms with E-state index in [1.165, 1.54) is 12.1 Å². The summed E-state index contributed by atoms with van der Waals surface area (Å²) >= 11 is 0. The summed E-state index contributed by atoms with van der Waals surface area (Å²) in [6, 6.07) is 12.4. The van der Waals surface area contributed by atoms with Crippen LogP contribution in [-0.2, 0) is 11.2 Å². The Balaban J connectivity index is 1.49. The fourth-order valence-corrected chi connectivity index (χ4v) is 3.89. The number of carbonyl (C=O) groups is 1. The molecule has 3 aromatic rings. The van der Waals surface area contributed by atoms with Crippen LogP contribution in [0.1, 0.15) is 29.7 Å². The van der Waals surface area contributed by atoms with Crippen LogP contribution in [0, 0.1) is 12.7 Å². The Kier molecular flexibility index (Phi) is 6.16. The predicted octanol–water partition coefficient (Wildman–Crippen LogP) is 4.58. The van der Waals surface area contributed by atoms with Crippen molar-refractivity contribution in [2.45, 2.75) is 26.2 Å². The lowest BCUT2D eigenvalue weighted by Crippen LogP contribution is -2.38. The van der Waals surface area contributed by atoms with Crippen molar-refractivity contribution in [3.63, 3.8) is 0 Å². The van der Waals surface area contributed by atoms with Gasteiger partial charge in [0.05, 0.1) is 24.8 Å². The van der Waals surface area contributed by atoms with Gasteiger partial charge in [0, 0.05) is 24.9 Å². The SMILES string of the molecule is COc1cc(C=C2CCCN(CCc3ccc(F)cc3)C2=O)ccc1-n1cnc(C)c1. The Labute approximate surface area is 181 Å². The number of likely N-dealkylation sites (tertiary alicyclic amines) is 1. The van der Waals surface area contributed by atoms with Crippen LogP contribution in [0.2, 0.25) is 0 Å². The molecule has 0 bridgehead atoms. The number of ether oxygens (including phenoxy) is 1. The first-order chi connectivity index (χ1) is 15.0. The van der Waals surface area contributed by atoms with E-state index in [1.54, 1.807) is 25.6 Å². The molecule has 0 saturated carbocycles. The first-order valence-corrected chi connectivity index (χ1v) is 10.5. The van der Waals surface area contributed by atoms with Crippen LogP contribution in [0.4, 0.5) is 4.39 Å². The summed E-state index contributed by atoms with van der Waals surface area (Å²) in [5, 5.41) is 0. The lowest BCUT2D eigenvalue weighted by atomic mass is 10.00. The van der Waals surface area contributed by atoms with Crippen molar-refractivity contribution in [2.75, 3.05) is 20.2 Å². The van der Waals surface area contributed by atoms with Gasteiger partial charge in [-0.25, -0.2) is 9.37 Å². The molecule has 0 radical (unpaired) electrons. The van der Waals surface area contributed by atoms with Crippen LogP contribution >= 0.6 is 0 Å². The number of hydrogen-bond donors (Lipinski definition) is 0. The smallest absolute Gasteiger partial charge is 0.249 e. The van der Waals surface area contributed by atoms with Crippen molar-refractivity contribution in [1.82, 2.24) is 14.5 Å². The highest BCUT2D eigenvalue weighted by molar-refractivity contribution is 5.98. The molecule has 2 heterocycles. The Morgan fingerprint density at radius 2 is 2.00 bits per heavy atom. The fourth-order valence-electron chi connectivity index (χ4n) is 3.89. The number of rotatable bonds is 6. The third-order valence-electron chi connectivity index (χ3n) is 5.55. The van der Waals surface area contributed by atoms with Crippen LogP contribution < -0.4 is 4.74 Å². The summed E-state index contributed by atoms with van der Waals surface area (Å²) in [7, 11) is 1.64. The average molecular weight is 420 g/mol. The molecule has 1 aromatic heterocycles. The first kappa shape index (κ1) is 20.8. The summed E-state index contributed by atoms with van der Waals surface area (Å²) in [6.45, 7) is 3.32.